The van der Waals surface area contributed by atoms with Crippen LogP contribution >= 0.6 is 11.3 Å². The Morgan fingerprint density at radius 3 is 2.88 bits per heavy atom. The van der Waals surface area contributed by atoms with Crippen molar-refractivity contribution < 1.29 is 14.3 Å². The summed E-state index contributed by atoms with van der Waals surface area (Å²) < 4.78 is 6.85. The quantitative estimate of drug-likeness (QED) is 0.709. The van der Waals surface area contributed by atoms with E-state index in [1.807, 2.05) is 35.9 Å². The van der Waals surface area contributed by atoms with Gasteiger partial charge in [-0.05, 0) is 38.5 Å². The second kappa shape index (κ2) is 7.02. The van der Waals surface area contributed by atoms with Gasteiger partial charge in [0, 0.05) is 12.4 Å². The Kier molecular flexibility index (Phi) is 4.80. The number of nitrogens with one attached hydrogen (secondary N) is 1. The van der Waals surface area contributed by atoms with Gasteiger partial charge < -0.3 is 14.5 Å². The summed E-state index contributed by atoms with van der Waals surface area (Å²) in [5.74, 6) is -0.655. The summed E-state index contributed by atoms with van der Waals surface area (Å²) in [6.45, 7) is 5.74. The first-order chi connectivity index (χ1) is 12.0. The van der Waals surface area contributed by atoms with Crippen LogP contribution in [0.1, 0.15) is 33.5 Å². The Bertz CT molecular complexity index is 945. The molecule has 0 aliphatic heterocycles. The lowest BCUT2D eigenvalue weighted by Gasteiger charge is -1.99. The van der Waals surface area contributed by atoms with E-state index < -0.39 is 5.97 Å². The first-order valence-corrected chi connectivity index (χ1v) is 8.66. The van der Waals surface area contributed by atoms with Gasteiger partial charge in [0.1, 0.15) is 10.5 Å². The summed E-state index contributed by atoms with van der Waals surface area (Å²) in [5, 5.41) is 3.10. The number of hydrogen-bond acceptors (Lipinski definition) is 6. The predicted octanol–water partition coefficient (Wildman–Crippen LogP) is 2.77. The fraction of sp³-hybridized carbons (Fsp3) is 0.294. The summed E-state index contributed by atoms with van der Waals surface area (Å²) in [4.78, 5) is 33.1. The standard InChI is InChI=1S/C17H18N4O3S/c1-4-24-16(23)15-11(3)18-17(25-15)20-14(22)8-12-9-21-6-5-10(2)7-13(21)19-12/h5-7,9H,4,8H2,1-3H3,(H,18,20,22). The smallest absolute Gasteiger partial charge is 0.350 e. The summed E-state index contributed by atoms with van der Waals surface area (Å²) in [6.07, 6.45) is 3.87. The number of fused-ring (bicyclic) bond motifs is 1. The highest BCUT2D eigenvalue weighted by Gasteiger charge is 2.18. The van der Waals surface area contributed by atoms with Crippen LogP contribution in [0.5, 0.6) is 0 Å². The van der Waals surface area contributed by atoms with Gasteiger partial charge in [-0.1, -0.05) is 11.3 Å². The van der Waals surface area contributed by atoms with Gasteiger partial charge in [0.05, 0.1) is 24.4 Å². The third-order valence-corrected chi connectivity index (χ3v) is 4.56. The molecule has 130 valence electrons. The number of aromatic nitrogens is 3. The van der Waals surface area contributed by atoms with E-state index in [1.165, 1.54) is 0 Å². The minimum atomic E-state index is -0.422. The molecule has 0 aromatic carbocycles. The van der Waals surface area contributed by atoms with Gasteiger partial charge in [-0.3, -0.25) is 4.79 Å². The number of rotatable bonds is 5. The zero-order valence-electron chi connectivity index (χ0n) is 14.2. The molecule has 0 saturated carbocycles. The van der Waals surface area contributed by atoms with Crippen LogP contribution in [0.4, 0.5) is 5.13 Å². The normalized spacial score (nSPS) is 10.8. The van der Waals surface area contributed by atoms with Gasteiger partial charge in [-0.15, -0.1) is 0 Å². The summed E-state index contributed by atoms with van der Waals surface area (Å²) in [6, 6.07) is 3.94. The maximum Gasteiger partial charge on any atom is 0.350 e. The number of amides is 1. The minimum Gasteiger partial charge on any atom is -0.462 e. The molecule has 0 fully saturated rings. The lowest BCUT2D eigenvalue weighted by Crippen LogP contribution is -2.14. The molecular weight excluding hydrogens is 340 g/mol. The van der Waals surface area contributed by atoms with Crippen molar-refractivity contribution in [2.24, 2.45) is 0 Å². The highest BCUT2D eigenvalue weighted by atomic mass is 32.1. The average molecular weight is 358 g/mol. The van der Waals surface area contributed by atoms with E-state index >= 15 is 0 Å². The molecule has 3 rings (SSSR count). The molecule has 0 radical (unpaired) electrons. The number of anilines is 1. The zero-order chi connectivity index (χ0) is 18.0. The van der Waals surface area contributed by atoms with Crippen molar-refractivity contribution in [2.45, 2.75) is 27.2 Å². The number of ether oxygens (including phenoxy) is 1. The van der Waals surface area contributed by atoms with Crippen molar-refractivity contribution in [3.05, 3.63) is 46.4 Å². The fourth-order valence-electron chi connectivity index (χ4n) is 2.39. The molecule has 0 bridgehead atoms. The molecule has 0 atom stereocenters. The van der Waals surface area contributed by atoms with Crippen molar-refractivity contribution in [1.82, 2.24) is 14.4 Å². The highest BCUT2D eigenvalue weighted by Crippen LogP contribution is 2.23. The molecule has 0 spiro atoms. The van der Waals surface area contributed by atoms with Crippen LogP contribution < -0.4 is 5.32 Å². The molecule has 1 N–H and O–H groups in total. The summed E-state index contributed by atoms with van der Waals surface area (Å²) in [7, 11) is 0. The topological polar surface area (TPSA) is 85.6 Å². The SMILES string of the molecule is CCOC(=O)c1sc(NC(=O)Cc2cn3ccc(C)cc3n2)nc1C. The minimum absolute atomic E-state index is 0.133. The largest absolute Gasteiger partial charge is 0.462 e. The number of carbonyl (C=O) groups is 2. The van der Waals surface area contributed by atoms with Crippen LogP contribution in [0.2, 0.25) is 0 Å². The van der Waals surface area contributed by atoms with Crippen molar-refractivity contribution in [3.63, 3.8) is 0 Å². The lowest BCUT2D eigenvalue weighted by atomic mass is 10.3. The van der Waals surface area contributed by atoms with Crippen LogP contribution in [0.15, 0.2) is 24.5 Å². The molecule has 3 aromatic heterocycles. The van der Waals surface area contributed by atoms with Crippen molar-refractivity contribution >= 4 is 34.0 Å². The van der Waals surface area contributed by atoms with Crippen molar-refractivity contribution in [1.29, 1.82) is 0 Å². The molecule has 3 heterocycles. The molecule has 8 heteroatoms. The van der Waals surface area contributed by atoms with E-state index in [2.05, 4.69) is 15.3 Å². The van der Waals surface area contributed by atoms with Gasteiger partial charge in [-0.2, -0.15) is 0 Å². The number of hydrogen-bond donors (Lipinski definition) is 1. The van der Waals surface area contributed by atoms with Crippen LogP contribution in [-0.4, -0.2) is 32.9 Å². The third kappa shape index (κ3) is 3.85. The molecule has 1 amide bonds. The third-order valence-electron chi connectivity index (χ3n) is 3.51. The van der Waals surface area contributed by atoms with E-state index in [-0.39, 0.29) is 12.3 Å². The van der Waals surface area contributed by atoms with Gasteiger partial charge in [0.15, 0.2) is 5.13 Å². The number of aryl methyl sites for hydroxylation is 2. The number of carbonyl (C=O) groups excluding carboxylic acids is 2. The molecule has 0 aliphatic carbocycles. The average Bonchev–Trinajstić information content (AvgIpc) is 3.09. The zero-order valence-corrected chi connectivity index (χ0v) is 15.0. The molecular formula is C17H18N4O3S. The van der Waals surface area contributed by atoms with Gasteiger partial charge in [0.25, 0.3) is 0 Å². The second-order valence-corrected chi connectivity index (χ2v) is 6.58. The Morgan fingerprint density at radius 1 is 1.32 bits per heavy atom. The van der Waals surface area contributed by atoms with Crippen LogP contribution in [0, 0.1) is 13.8 Å². The van der Waals surface area contributed by atoms with E-state index in [0.29, 0.717) is 28.0 Å². The molecule has 0 aliphatic rings. The van der Waals surface area contributed by atoms with Gasteiger partial charge >= 0.3 is 5.97 Å². The van der Waals surface area contributed by atoms with E-state index in [4.69, 9.17) is 4.74 Å². The van der Waals surface area contributed by atoms with E-state index in [1.54, 1.807) is 13.8 Å². The molecule has 7 nitrogen and oxygen atoms in total. The monoisotopic (exact) mass is 358 g/mol. The maximum atomic E-state index is 12.2. The first kappa shape index (κ1) is 17.1. The molecule has 0 saturated heterocycles. The molecule has 3 aromatic rings. The number of thiazole rings is 1. The van der Waals surface area contributed by atoms with Crippen LogP contribution in [0.3, 0.4) is 0 Å². The highest BCUT2D eigenvalue weighted by molar-refractivity contribution is 7.17. The molecule has 25 heavy (non-hydrogen) atoms. The fourth-order valence-corrected chi connectivity index (χ4v) is 3.26. The number of nitrogens with zero attached hydrogens (tertiary/aromatic N) is 3. The first-order valence-electron chi connectivity index (χ1n) is 7.85. The summed E-state index contributed by atoms with van der Waals surface area (Å²) in [5.41, 5.74) is 3.13. The van der Waals surface area contributed by atoms with E-state index in [0.717, 1.165) is 22.5 Å². The maximum absolute atomic E-state index is 12.2. The van der Waals surface area contributed by atoms with Crippen LogP contribution in [-0.2, 0) is 16.0 Å². The van der Waals surface area contributed by atoms with E-state index in [9.17, 15) is 9.59 Å². The van der Waals surface area contributed by atoms with Gasteiger partial charge in [-0.25, -0.2) is 14.8 Å². The second-order valence-electron chi connectivity index (χ2n) is 5.58. The Balaban J connectivity index is 1.69. The number of imidazole rings is 1. The number of esters is 1. The summed E-state index contributed by atoms with van der Waals surface area (Å²) >= 11 is 1.11. The Labute approximate surface area is 148 Å². The molecule has 0 unspecified atom stereocenters. The van der Waals surface area contributed by atoms with Crippen LogP contribution in [0.25, 0.3) is 5.65 Å². The van der Waals surface area contributed by atoms with Crippen molar-refractivity contribution in [2.75, 3.05) is 11.9 Å². The number of pyridine rings is 1. The van der Waals surface area contributed by atoms with Crippen molar-refractivity contribution in [3.8, 4) is 0 Å². The predicted molar refractivity (Wildman–Crippen MR) is 95.1 cm³/mol. The Morgan fingerprint density at radius 2 is 2.12 bits per heavy atom. The Hall–Kier alpha value is -2.74. The lowest BCUT2D eigenvalue weighted by molar-refractivity contribution is -0.115. The van der Waals surface area contributed by atoms with Gasteiger partial charge in [0.2, 0.25) is 5.91 Å².